The van der Waals surface area contributed by atoms with E-state index in [0.717, 1.165) is 27.3 Å². The molecule has 0 saturated carbocycles. The van der Waals surface area contributed by atoms with Gasteiger partial charge in [-0.1, -0.05) is 24.3 Å². The van der Waals surface area contributed by atoms with Crippen LogP contribution in [-0.4, -0.2) is 20.7 Å². The van der Waals surface area contributed by atoms with Crippen LogP contribution in [0.4, 0.5) is 4.39 Å². The lowest BCUT2D eigenvalue weighted by Crippen LogP contribution is -2.27. The number of carbonyl (C=O) groups is 1. The van der Waals surface area contributed by atoms with Gasteiger partial charge in [0.2, 0.25) is 5.91 Å². The fourth-order valence-electron chi connectivity index (χ4n) is 2.85. The normalized spacial score (nSPS) is 10.8. The highest BCUT2D eigenvalue weighted by atomic mass is 32.1. The van der Waals surface area contributed by atoms with E-state index in [1.807, 2.05) is 29.6 Å². The van der Waals surface area contributed by atoms with Crippen LogP contribution in [0.15, 0.2) is 72.5 Å². The molecule has 0 atom stereocenters. The van der Waals surface area contributed by atoms with Gasteiger partial charge in [-0.15, -0.1) is 11.3 Å². The van der Waals surface area contributed by atoms with Crippen LogP contribution >= 0.6 is 11.3 Å². The van der Waals surface area contributed by atoms with Crippen molar-refractivity contribution in [2.75, 3.05) is 0 Å². The average molecular weight is 392 g/mol. The Labute approximate surface area is 165 Å². The summed E-state index contributed by atoms with van der Waals surface area (Å²) >= 11 is 1.62. The van der Waals surface area contributed by atoms with Crippen LogP contribution in [0.5, 0.6) is 0 Å². The van der Waals surface area contributed by atoms with Gasteiger partial charge >= 0.3 is 0 Å². The molecule has 0 aliphatic rings. The van der Waals surface area contributed by atoms with E-state index in [9.17, 15) is 9.18 Å². The Hall–Kier alpha value is -3.32. The maximum atomic E-state index is 13.0. The smallest absolute Gasteiger partial charge is 0.241 e. The molecule has 7 heteroatoms. The fraction of sp³-hybridized carbons (Fsp3) is 0.0952. The van der Waals surface area contributed by atoms with Gasteiger partial charge in [0.25, 0.3) is 0 Å². The maximum Gasteiger partial charge on any atom is 0.241 e. The summed E-state index contributed by atoms with van der Waals surface area (Å²) in [5, 5.41) is 9.14. The molecule has 140 valence electrons. The number of hydrogen-bond acceptors (Lipinski definition) is 4. The third-order valence-corrected chi connectivity index (χ3v) is 5.11. The summed E-state index contributed by atoms with van der Waals surface area (Å²) < 4.78 is 14.6. The molecule has 0 unspecified atom stereocenters. The molecule has 0 aliphatic carbocycles. The van der Waals surface area contributed by atoms with Crippen molar-refractivity contribution in [3.63, 3.8) is 0 Å². The van der Waals surface area contributed by atoms with Gasteiger partial charge in [-0.25, -0.2) is 4.39 Å². The number of pyridine rings is 1. The van der Waals surface area contributed by atoms with Crippen LogP contribution < -0.4 is 5.32 Å². The lowest BCUT2D eigenvalue weighted by molar-refractivity contribution is -0.122. The van der Waals surface area contributed by atoms with E-state index in [1.54, 1.807) is 46.7 Å². The summed E-state index contributed by atoms with van der Waals surface area (Å²) in [5.74, 6) is -0.428. The Bertz CT molecular complexity index is 1070. The number of aromatic nitrogens is 3. The number of nitrogens with zero attached hydrogens (tertiary/aromatic N) is 3. The van der Waals surface area contributed by atoms with Crippen molar-refractivity contribution in [3.05, 3.63) is 83.9 Å². The Morgan fingerprint density at radius 1 is 1.11 bits per heavy atom. The lowest BCUT2D eigenvalue weighted by atomic mass is 10.1. The van der Waals surface area contributed by atoms with Gasteiger partial charge in [0, 0.05) is 24.5 Å². The first-order valence-corrected chi connectivity index (χ1v) is 9.60. The van der Waals surface area contributed by atoms with Gasteiger partial charge in [0.1, 0.15) is 12.4 Å². The minimum absolute atomic E-state index is 0.107. The molecule has 5 nitrogen and oxygen atoms in total. The zero-order valence-electron chi connectivity index (χ0n) is 14.9. The van der Waals surface area contributed by atoms with E-state index in [4.69, 9.17) is 0 Å². The Morgan fingerprint density at radius 3 is 2.75 bits per heavy atom. The summed E-state index contributed by atoms with van der Waals surface area (Å²) in [7, 11) is 0. The second-order valence-corrected chi connectivity index (χ2v) is 7.15. The molecular formula is C21H17FN4OS. The predicted octanol–water partition coefficient (Wildman–Crippen LogP) is 4.13. The SMILES string of the molecule is O=C(Cn1cc(-c2ccc(F)cc2)cn1)NCc1cccnc1-c1cccs1. The molecule has 28 heavy (non-hydrogen) atoms. The average Bonchev–Trinajstić information content (AvgIpc) is 3.39. The van der Waals surface area contributed by atoms with Gasteiger partial charge in [-0.05, 0) is 40.8 Å². The van der Waals surface area contributed by atoms with Crippen LogP contribution in [0, 0.1) is 5.82 Å². The molecule has 1 aromatic carbocycles. The number of rotatable bonds is 6. The standard InChI is InChI=1S/C21H17FN4OS/c22-18-7-5-15(6-8-18)17-12-25-26(13-17)14-20(27)24-11-16-3-1-9-23-21(16)19-4-2-10-28-19/h1-10,12-13H,11,14H2,(H,24,27). The molecule has 3 heterocycles. The quantitative estimate of drug-likeness (QED) is 0.537. The Balaban J connectivity index is 1.39. The highest BCUT2D eigenvalue weighted by Crippen LogP contribution is 2.25. The molecule has 0 bridgehead atoms. The first kappa shape index (κ1) is 18.1. The summed E-state index contributed by atoms with van der Waals surface area (Å²) in [5.41, 5.74) is 3.53. The van der Waals surface area contributed by atoms with Crippen LogP contribution in [0.2, 0.25) is 0 Å². The van der Waals surface area contributed by atoms with Crippen molar-refractivity contribution in [3.8, 4) is 21.7 Å². The predicted molar refractivity (Wildman–Crippen MR) is 107 cm³/mol. The monoisotopic (exact) mass is 392 g/mol. The van der Waals surface area contributed by atoms with E-state index in [-0.39, 0.29) is 18.3 Å². The van der Waals surface area contributed by atoms with E-state index in [1.165, 1.54) is 12.1 Å². The summed E-state index contributed by atoms with van der Waals surface area (Å²) in [6, 6.07) is 14.0. The van der Waals surface area contributed by atoms with Crippen molar-refractivity contribution in [1.82, 2.24) is 20.1 Å². The van der Waals surface area contributed by atoms with Gasteiger partial charge in [0.05, 0.1) is 16.8 Å². The topological polar surface area (TPSA) is 59.8 Å². The molecule has 4 rings (SSSR count). The van der Waals surface area contributed by atoms with Crippen molar-refractivity contribution in [2.45, 2.75) is 13.1 Å². The molecule has 1 amide bonds. The number of carbonyl (C=O) groups excluding carboxylic acids is 1. The molecule has 0 fully saturated rings. The second-order valence-electron chi connectivity index (χ2n) is 6.20. The molecule has 4 aromatic rings. The number of amides is 1. The maximum absolute atomic E-state index is 13.0. The minimum atomic E-state index is -0.284. The third kappa shape index (κ3) is 4.15. The van der Waals surface area contributed by atoms with Crippen molar-refractivity contribution >= 4 is 17.2 Å². The largest absolute Gasteiger partial charge is 0.350 e. The molecule has 0 saturated heterocycles. The van der Waals surface area contributed by atoms with Gasteiger partial charge in [0.15, 0.2) is 0 Å². The van der Waals surface area contributed by atoms with E-state index >= 15 is 0 Å². The van der Waals surface area contributed by atoms with Crippen molar-refractivity contribution in [2.24, 2.45) is 0 Å². The number of hydrogen-bond donors (Lipinski definition) is 1. The molecule has 0 spiro atoms. The Kier molecular flexibility index (Phi) is 5.25. The number of nitrogens with one attached hydrogen (secondary N) is 1. The molecule has 3 aromatic heterocycles. The summed E-state index contributed by atoms with van der Waals surface area (Å²) in [6.45, 7) is 0.502. The molecule has 0 aliphatic heterocycles. The van der Waals surface area contributed by atoms with E-state index in [2.05, 4.69) is 15.4 Å². The van der Waals surface area contributed by atoms with Crippen LogP contribution in [0.25, 0.3) is 21.7 Å². The minimum Gasteiger partial charge on any atom is -0.350 e. The first-order chi connectivity index (χ1) is 13.7. The number of benzene rings is 1. The van der Waals surface area contributed by atoms with E-state index < -0.39 is 0 Å². The third-order valence-electron chi connectivity index (χ3n) is 4.24. The Morgan fingerprint density at radius 2 is 1.96 bits per heavy atom. The van der Waals surface area contributed by atoms with Crippen LogP contribution in [0.1, 0.15) is 5.56 Å². The fourth-order valence-corrected chi connectivity index (χ4v) is 3.61. The number of halogens is 1. The number of thiophene rings is 1. The summed E-state index contributed by atoms with van der Waals surface area (Å²) in [4.78, 5) is 17.8. The second kappa shape index (κ2) is 8.14. The van der Waals surface area contributed by atoms with Crippen molar-refractivity contribution in [1.29, 1.82) is 0 Å². The van der Waals surface area contributed by atoms with Crippen LogP contribution in [0.3, 0.4) is 0 Å². The highest BCUT2D eigenvalue weighted by Gasteiger charge is 2.10. The van der Waals surface area contributed by atoms with Gasteiger partial charge in [-0.2, -0.15) is 5.10 Å². The van der Waals surface area contributed by atoms with Gasteiger partial charge in [-0.3, -0.25) is 14.5 Å². The summed E-state index contributed by atoms with van der Waals surface area (Å²) in [6.07, 6.45) is 5.19. The molecule has 1 N–H and O–H groups in total. The molecule has 0 radical (unpaired) electrons. The zero-order chi connectivity index (χ0) is 19.3. The van der Waals surface area contributed by atoms with Gasteiger partial charge < -0.3 is 5.32 Å². The first-order valence-electron chi connectivity index (χ1n) is 8.72. The zero-order valence-corrected chi connectivity index (χ0v) is 15.7. The molecular weight excluding hydrogens is 375 g/mol. The van der Waals surface area contributed by atoms with Crippen molar-refractivity contribution < 1.29 is 9.18 Å². The van der Waals surface area contributed by atoms with Crippen LogP contribution in [-0.2, 0) is 17.9 Å². The highest BCUT2D eigenvalue weighted by molar-refractivity contribution is 7.13. The lowest BCUT2D eigenvalue weighted by Gasteiger charge is -2.09. The van der Waals surface area contributed by atoms with E-state index in [0.29, 0.717) is 6.54 Å².